The van der Waals surface area contributed by atoms with Gasteiger partial charge in [0.15, 0.2) is 6.10 Å². The zero-order chi connectivity index (χ0) is 61.9. The molecule has 484 valence electrons. The van der Waals surface area contributed by atoms with E-state index >= 15 is 0 Å². The molecule has 0 aromatic carbocycles. The highest BCUT2D eigenvalue weighted by Gasteiger charge is 2.16. The van der Waals surface area contributed by atoms with Crippen molar-refractivity contribution in [2.24, 2.45) is 0 Å². The molecule has 0 aromatic heterocycles. The number of rotatable bonds is 63. The second-order valence-corrected chi connectivity index (χ2v) is 22.9. The molecule has 0 amide bonds. The van der Waals surface area contributed by atoms with Gasteiger partial charge in [0.25, 0.3) is 0 Å². The lowest BCUT2D eigenvalue weighted by molar-refractivity contribution is -0.161. The monoisotopic (exact) mass is 1180 g/mol. The Bertz CT molecular complexity index is 1920. The largest absolute Gasteiger partial charge is 0.462 e. The van der Waals surface area contributed by atoms with Gasteiger partial charge in [-0.05, 0) is 141 Å². The Morgan fingerprint density at radius 2 is 0.500 bits per heavy atom. The molecule has 0 radical (unpaired) electrons. The fourth-order valence-electron chi connectivity index (χ4n) is 9.43. The van der Waals surface area contributed by atoms with E-state index in [1.165, 1.54) is 128 Å². The molecule has 1 unspecified atom stereocenters. The van der Waals surface area contributed by atoms with Crippen molar-refractivity contribution >= 4 is 11.9 Å². The molecule has 86 heavy (non-hydrogen) atoms. The van der Waals surface area contributed by atoms with E-state index in [0.717, 1.165) is 141 Å². The molecule has 1 N–H and O–H groups in total. The molecule has 0 aliphatic heterocycles. The summed E-state index contributed by atoms with van der Waals surface area (Å²) in [7, 11) is 0. The highest BCUT2D eigenvalue weighted by atomic mass is 16.6. The lowest BCUT2D eigenvalue weighted by atomic mass is 10.0. The summed E-state index contributed by atoms with van der Waals surface area (Å²) in [6.45, 7) is 4.00. The number of ether oxygens (including phenoxy) is 2. The molecule has 1 atom stereocenters. The predicted octanol–water partition coefficient (Wildman–Crippen LogP) is 25.0. The summed E-state index contributed by atoms with van der Waals surface area (Å²) in [5.74, 6) is -0.625. The molecular formula is C81H130O5. The molecule has 0 bridgehead atoms. The summed E-state index contributed by atoms with van der Waals surface area (Å²) in [6, 6.07) is 0. The molecule has 0 fully saturated rings. The van der Waals surface area contributed by atoms with Gasteiger partial charge in [-0.3, -0.25) is 9.59 Å². The summed E-state index contributed by atoms with van der Waals surface area (Å²) in [5, 5.41) is 9.70. The number of unbranched alkanes of at least 4 members (excludes halogenated alkanes) is 25. The second-order valence-electron chi connectivity index (χ2n) is 22.9. The topological polar surface area (TPSA) is 72.8 Å². The Morgan fingerprint density at radius 3 is 0.756 bits per heavy atom. The lowest BCUT2D eigenvalue weighted by Crippen LogP contribution is -2.28. The van der Waals surface area contributed by atoms with Gasteiger partial charge in [-0.25, -0.2) is 0 Å². The van der Waals surface area contributed by atoms with Crippen LogP contribution in [0.2, 0.25) is 0 Å². The fourth-order valence-corrected chi connectivity index (χ4v) is 9.43. The first-order chi connectivity index (χ1) is 42.6. The number of allylic oxidation sites excluding steroid dienone is 30. The highest BCUT2D eigenvalue weighted by Crippen LogP contribution is 2.16. The fraction of sp³-hybridized carbons (Fsp3) is 0.605. The molecule has 0 saturated carbocycles. The van der Waals surface area contributed by atoms with Crippen LogP contribution in [0.15, 0.2) is 182 Å². The molecule has 0 aliphatic rings. The number of hydrogen-bond acceptors (Lipinski definition) is 5. The van der Waals surface area contributed by atoms with Gasteiger partial charge in [0.2, 0.25) is 0 Å². The first-order valence-corrected chi connectivity index (χ1v) is 35.3. The van der Waals surface area contributed by atoms with Crippen molar-refractivity contribution in [3.8, 4) is 0 Å². The van der Waals surface area contributed by atoms with Crippen molar-refractivity contribution in [1.82, 2.24) is 0 Å². The number of carbonyl (C=O) groups is 2. The molecular weight excluding hydrogens is 1050 g/mol. The number of carbonyl (C=O) groups excluding carboxylic acids is 2. The van der Waals surface area contributed by atoms with Crippen LogP contribution in [0.3, 0.4) is 0 Å². The maximum absolute atomic E-state index is 12.4. The zero-order valence-corrected chi connectivity index (χ0v) is 55.5. The minimum Gasteiger partial charge on any atom is -0.462 e. The Morgan fingerprint density at radius 1 is 0.279 bits per heavy atom. The highest BCUT2D eigenvalue weighted by molar-refractivity contribution is 5.70. The Balaban J connectivity index is 3.61. The van der Waals surface area contributed by atoms with Gasteiger partial charge in [-0.1, -0.05) is 325 Å². The third kappa shape index (κ3) is 71.5. The van der Waals surface area contributed by atoms with Gasteiger partial charge in [0.1, 0.15) is 6.61 Å². The second kappa shape index (κ2) is 74.3. The molecule has 0 rings (SSSR count). The van der Waals surface area contributed by atoms with E-state index in [2.05, 4.69) is 196 Å². The average Bonchev–Trinajstić information content (AvgIpc) is 3.54. The van der Waals surface area contributed by atoms with E-state index in [4.69, 9.17) is 9.47 Å². The van der Waals surface area contributed by atoms with Gasteiger partial charge in [-0.2, -0.15) is 0 Å². The van der Waals surface area contributed by atoms with Crippen molar-refractivity contribution in [1.29, 1.82) is 0 Å². The van der Waals surface area contributed by atoms with Gasteiger partial charge in [0, 0.05) is 12.8 Å². The van der Waals surface area contributed by atoms with Crippen LogP contribution in [0.5, 0.6) is 0 Å². The van der Waals surface area contributed by atoms with Crippen LogP contribution in [-0.2, 0) is 19.1 Å². The van der Waals surface area contributed by atoms with E-state index in [1.807, 2.05) is 0 Å². The Kier molecular flexibility index (Phi) is 69.9. The molecule has 0 saturated heterocycles. The van der Waals surface area contributed by atoms with Crippen molar-refractivity contribution < 1.29 is 24.2 Å². The third-order valence-corrected chi connectivity index (χ3v) is 14.7. The molecule has 0 spiro atoms. The van der Waals surface area contributed by atoms with Crippen LogP contribution in [0.1, 0.15) is 296 Å². The van der Waals surface area contributed by atoms with Gasteiger partial charge >= 0.3 is 11.9 Å². The minimum atomic E-state index is -0.800. The summed E-state index contributed by atoms with van der Waals surface area (Å²) < 4.78 is 10.7. The van der Waals surface area contributed by atoms with Crippen LogP contribution in [0.25, 0.3) is 0 Å². The maximum Gasteiger partial charge on any atom is 0.306 e. The van der Waals surface area contributed by atoms with E-state index in [0.29, 0.717) is 12.8 Å². The first kappa shape index (κ1) is 81.0. The number of aliphatic hydroxyl groups excluding tert-OH is 1. The summed E-state index contributed by atoms with van der Waals surface area (Å²) in [4.78, 5) is 24.6. The van der Waals surface area contributed by atoms with Crippen LogP contribution in [0, 0.1) is 0 Å². The van der Waals surface area contributed by atoms with Gasteiger partial charge in [0.05, 0.1) is 6.61 Å². The van der Waals surface area contributed by atoms with Crippen molar-refractivity contribution in [2.45, 2.75) is 302 Å². The molecule has 5 heteroatoms. The quantitative estimate of drug-likeness (QED) is 0.0373. The van der Waals surface area contributed by atoms with E-state index < -0.39 is 6.10 Å². The van der Waals surface area contributed by atoms with E-state index in [-0.39, 0.29) is 25.2 Å². The molecule has 5 nitrogen and oxygen atoms in total. The van der Waals surface area contributed by atoms with Crippen LogP contribution < -0.4 is 0 Å². The third-order valence-electron chi connectivity index (χ3n) is 14.7. The summed E-state index contributed by atoms with van der Waals surface area (Å²) in [6.07, 6.45) is 116. The molecule has 0 aliphatic carbocycles. The van der Waals surface area contributed by atoms with E-state index in [9.17, 15) is 14.7 Å². The van der Waals surface area contributed by atoms with Crippen LogP contribution >= 0.6 is 0 Å². The van der Waals surface area contributed by atoms with Crippen LogP contribution in [-0.4, -0.2) is 36.4 Å². The number of esters is 2. The minimum absolute atomic E-state index is 0.0858. The molecule has 0 aromatic rings. The standard InChI is InChI=1S/C81H130O5/c1-3-5-7-9-11-13-15-17-19-21-23-25-27-29-31-33-35-36-37-38-39-40-41-42-43-44-46-48-50-52-54-56-58-60-62-64-66-68-70-72-74-76-81(84)86-79(77-82)78-85-80(83)75-73-71-69-67-65-63-61-59-57-55-53-51-49-47-45-34-32-30-28-26-24-22-20-18-16-14-12-10-8-6-4-2/h5,7,11,13,16-19,22-25,28-31,35-36,38-39,41-42,44,46,50,52,56,58,62,64,79,82H,3-4,6,8-10,12,14-15,20-21,26-27,32-34,37,40,43,45,47-49,51,53-55,57,59-61,63,65-78H2,1-2H3/b7-5-,13-11-,18-16-,19-17-,24-22-,25-23-,30-28-,31-29-,36-35-,39-38-,42-41-,46-44-,52-50-,58-56-,64-62-. The van der Waals surface area contributed by atoms with Gasteiger partial charge < -0.3 is 14.6 Å². The number of hydrogen-bond donors (Lipinski definition) is 1. The Hall–Kier alpha value is -5.00. The maximum atomic E-state index is 12.4. The predicted molar refractivity (Wildman–Crippen MR) is 380 cm³/mol. The zero-order valence-electron chi connectivity index (χ0n) is 55.5. The average molecular weight is 1180 g/mol. The van der Waals surface area contributed by atoms with Gasteiger partial charge in [-0.15, -0.1) is 0 Å². The van der Waals surface area contributed by atoms with Crippen molar-refractivity contribution in [3.63, 3.8) is 0 Å². The smallest absolute Gasteiger partial charge is 0.306 e. The van der Waals surface area contributed by atoms with Crippen LogP contribution in [0.4, 0.5) is 0 Å². The first-order valence-electron chi connectivity index (χ1n) is 35.3. The van der Waals surface area contributed by atoms with E-state index in [1.54, 1.807) is 0 Å². The summed E-state index contributed by atoms with van der Waals surface area (Å²) >= 11 is 0. The normalized spacial score (nSPS) is 13.4. The SMILES string of the molecule is CC/C=C\C/C=C\C/C=C\C/C=C\C/C=C\C/C=C\C/C=C\C/C=C\C/C=C\C/C=C\C/C=C\C/C=C\CCCCCCC(=O)OC(CO)COC(=O)CCCCCCCCCCCCCCCCCC/C=C\C/C=C\C/C=C\CCCCCCC. The Labute approximate surface area is 531 Å². The number of aliphatic hydroxyl groups is 1. The summed E-state index contributed by atoms with van der Waals surface area (Å²) in [5.41, 5.74) is 0. The van der Waals surface area contributed by atoms with Crippen molar-refractivity contribution in [2.75, 3.05) is 13.2 Å². The lowest BCUT2D eigenvalue weighted by Gasteiger charge is -2.15. The van der Waals surface area contributed by atoms with Crippen molar-refractivity contribution in [3.05, 3.63) is 182 Å². The molecule has 0 heterocycles.